The van der Waals surface area contributed by atoms with Crippen molar-refractivity contribution in [3.8, 4) is 0 Å². The lowest BCUT2D eigenvalue weighted by Gasteiger charge is -2.36. The summed E-state index contributed by atoms with van der Waals surface area (Å²) in [6.45, 7) is 1.48. The minimum Gasteiger partial charge on any atom is -0.355 e. The Hall–Kier alpha value is -2.38. The van der Waals surface area contributed by atoms with Crippen LogP contribution in [0.5, 0.6) is 0 Å². The van der Waals surface area contributed by atoms with Crippen molar-refractivity contribution in [1.82, 2.24) is 20.4 Å². The Balaban J connectivity index is 1.85. The Morgan fingerprint density at radius 3 is 2.68 bits per heavy atom. The van der Waals surface area contributed by atoms with Gasteiger partial charge in [-0.2, -0.15) is 5.10 Å². The molecule has 0 bridgehead atoms. The van der Waals surface area contributed by atoms with Crippen LogP contribution in [0.4, 0.5) is 5.69 Å². The molecule has 25 heavy (non-hydrogen) atoms. The molecule has 0 unspecified atom stereocenters. The summed E-state index contributed by atoms with van der Waals surface area (Å²) in [7, 11) is 1.54. The number of hydrogen-bond donors (Lipinski definition) is 3. The average Bonchev–Trinajstić information content (AvgIpc) is 3.17. The molecule has 2 amide bonds. The van der Waals surface area contributed by atoms with Gasteiger partial charge < -0.3 is 16.0 Å². The number of piperidine rings is 1. The molecule has 1 aromatic heterocycles. The van der Waals surface area contributed by atoms with Crippen molar-refractivity contribution in [3.63, 3.8) is 0 Å². The zero-order chi connectivity index (χ0) is 17.9. The van der Waals surface area contributed by atoms with Gasteiger partial charge in [0.15, 0.2) is 0 Å². The van der Waals surface area contributed by atoms with Gasteiger partial charge in [0, 0.05) is 25.1 Å². The van der Waals surface area contributed by atoms with Crippen LogP contribution in [-0.2, 0) is 10.3 Å². The highest BCUT2D eigenvalue weighted by Crippen LogP contribution is 2.29. The van der Waals surface area contributed by atoms with Crippen molar-refractivity contribution >= 4 is 29.1 Å². The fraction of sp³-hybridized carbons (Fsp3) is 0.353. The number of aromatic nitrogens is 2. The highest BCUT2D eigenvalue weighted by atomic mass is 35.5. The standard InChI is InChI=1S/C17H20ClN5O2/c1-19-15(24)13-4-3-12(11-14(13)18)22-16(25)17(5-8-20-9-6-17)23-10-2-7-21-23/h2-4,7,10-11,20H,5-6,8-9H2,1H3,(H,19,24)(H,22,25). The second-order valence-electron chi connectivity index (χ2n) is 5.96. The minimum atomic E-state index is -0.735. The first kappa shape index (κ1) is 17.4. The average molecular weight is 362 g/mol. The Morgan fingerprint density at radius 2 is 2.08 bits per heavy atom. The fourth-order valence-electron chi connectivity index (χ4n) is 3.08. The van der Waals surface area contributed by atoms with Crippen LogP contribution in [0.25, 0.3) is 0 Å². The number of nitrogens with zero attached hydrogens (tertiary/aromatic N) is 2. The van der Waals surface area contributed by atoms with E-state index in [2.05, 4.69) is 21.0 Å². The first-order valence-electron chi connectivity index (χ1n) is 8.11. The van der Waals surface area contributed by atoms with Gasteiger partial charge in [-0.3, -0.25) is 14.3 Å². The molecule has 3 N–H and O–H groups in total. The van der Waals surface area contributed by atoms with Crippen molar-refractivity contribution in [1.29, 1.82) is 0 Å². The van der Waals surface area contributed by atoms with Crippen molar-refractivity contribution in [3.05, 3.63) is 47.2 Å². The SMILES string of the molecule is CNC(=O)c1ccc(NC(=O)C2(n3cccn3)CCNCC2)cc1Cl. The maximum atomic E-state index is 13.1. The number of amides is 2. The number of carbonyl (C=O) groups excluding carboxylic acids is 2. The molecule has 1 aliphatic rings. The maximum absolute atomic E-state index is 13.1. The second kappa shape index (κ2) is 7.25. The number of carbonyl (C=O) groups is 2. The van der Waals surface area contributed by atoms with Crippen LogP contribution in [0.2, 0.25) is 5.02 Å². The summed E-state index contributed by atoms with van der Waals surface area (Å²) >= 11 is 6.17. The molecule has 0 atom stereocenters. The van der Waals surface area contributed by atoms with Gasteiger partial charge in [-0.1, -0.05) is 11.6 Å². The normalized spacial score (nSPS) is 16.2. The number of anilines is 1. The lowest BCUT2D eigenvalue weighted by atomic mass is 9.87. The molecule has 0 saturated carbocycles. The predicted octanol–water partition coefficient (Wildman–Crippen LogP) is 1.61. The van der Waals surface area contributed by atoms with Crippen LogP contribution in [0, 0.1) is 0 Å². The van der Waals surface area contributed by atoms with E-state index in [1.54, 1.807) is 36.1 Å². The lowest BCUT2D eigenvalue weighted by Crippen LogP contribution is -2.52. The largest absolute Gasteiger partial charge is 0.355 e. The third-order valence-electron chi connectivity index (χ3n) is 4.49. The van der Waals surface area contributed by atoms with Crippen molar-refractivity contribution < 1.29 is 9.59 Å². The summed E-state index contributed by atoms with van der Waals surface area (Å²) < 4.78 is 1.73. The zero-order valence-corrected chi connectivity index (χ0v) is 14.6. The van der Waals surface area contributed by atoms with Crippen LogP contribution in [0.1, 0.15) is 23.2 Å². The number of hydrogen-bond acceptors (Lipinski definition) is 4. The number of rotatable bonds is 4. The quantitative estimate of drug-likeness (QED) is 0.772. The minimum absolute atomic E-state index is 0.138. The summed E-state index contributed by atoms with van der Waals surface area (Å²) in [5.74, 6) is -0.407. The Morgan fingerprint density at radius 1 is 1.32 bits per heavy atom. The molecule has 1 saturated heterocycles. The first-order chi connectivity index (χ1) is 12.1. The molecule has 8 heteroatoms. The van der Waals surface area contributed by atoms with Gasteiger partial charge >= 0.3 is 0 Å². The van der Waals surface area contributed by atoms with E-state index in [0.717, 1.165) is 13.1 Å². The Labute approximate surface area is 150 Å². The van der Waals surface area contributed by atoms with Crippen molar-refractivity contribution in [2.75, 3.05) is 25.5 Å². The summed E-state index contributed by atoms with van der Waals surface area (Å²) in [6, 6.07) is 6.67. The van der Waals surface area contributed by atoms with E-state index in [-0.39, 0.29) is 16.8 Å². The van der Waals surface area contributed by atoms with Gasteiger partial charge in [0.2, 0.25) is 0 Å². The Kier molecular flexibility index (Phi) is 5.06. The molecule has 0 radical (unpaired) electrons. The molecule has 1 aliphatic heterocycles. The highest BCUT2D eigenvalue weighted by Gasteiger charge is 2.42. The zero-order valence-electron chi connectivity index (χ0n) is 13.9. The summed E-state index contributed by atoms with van der Waals surface area (Å²) in [6.07, 6.45) is 4.77. The number of benzene rings is 1. The third-order valence-corrected chi connectivity index (χ3v) is 4.81. The van der Waals surface area contributed by atoms with Gasteiger partial charge in [0.25, 0.3) is 11.8 Å². The van der Waals surface area contributed by atoms with Crippen molar-refractivity contribution in [2.45, 2.75) is 18.4 Å². The maximum Gasteiger partial charge on any atom is 0.252 e. The van der Waals surface area contributed by atoms with E-state index >= 15 is 0 Å². The van der Waals surface area contributed by atoms with Gasteiger partial charge in [-0.25, -0.2) is 0 Å². The van der Waals surface area contributed by atoms with Crippen LogP contribution in [-0.4, -0.2) is 41.7 Å². The lowest BCUT2D eigenvalue weighted by molar-refractivity contribution is -0.126. The summed E-state index contributed by atoms with van der Waals surface area (Å²) in [5.41, 5.74) is 0.180. The highest BCUT2D eigenvalue weighted by molar-refractivity contribution is 6.34. The second-order valence-corrected chi connectivity index (χ2v) is 6.37. The number of nitrogens with one attached hydrogen (secondary N) is 3. The summed E-state index contributed by atoms with van der Waals surface area (Å²) in [5, 5.41) is 13.3. The van der Waals surface area contributed by atoms with Gasteiger partial charge in [0.1, 0.15) is 5.54 Å². The molecule has 3 rings (SSSR count). The molecule has 7 nitrogen and oxygen atoms in total. The van der Waals surface area contributed by atoms with E-state index in [4.69, 9.17) is 11.6 Å². The topological polar surface area (TPSA) is 88.1 Å². The van der Waals surface area contributed by atoms with E-state index in [1.165, 1.54) is 0 Å². The van der Waals surface area contributed by atoms with Gasteiger partial charge in [-0.05, 0) is 50.2 Å². The molecular weight excluding hydrogens is 342 g/mol. The predicted molar refractivity (Wildman–Crippen MR) is 95.8 cm³/mol. The van der Waals surface area contributed by atoms with Crippen LogP contribution < -0.4 is 16.0 Å². The first-order valence-corrected chi connectivity index (χ1v) is 8.48. The Bertz CT molecular complexity index is 769. The van der Waals surface area contributed by atoms with E-state index in [0.29, 0.717) is 24.1 Å². The van der Waals surface area contributed by atoms with Crippen LogP contribution >= 0.6 is 11.6 Å². The molecule has 0 spiro atoms. The van der Waals surface area contributed by atoms with Crippen LogP contribution in [0.3, 0.4) is 0 Å². The monoisotopic (exact) mass is 361 g/mol. The fourth-order valence-corrected chi connectivity index (χ4v) is 3.35. The molecule has 2 heterocycles. The van der Waals surface area contributed by atoms with E-state index < -0.39 is 5.54 Å². The molecule has 132 valence electrons. The van der Waals surface area contributed by atoms with Crippen LogP contribution in [0.15, 0.2) is 36.7 Å². The molecule has 1 fully saturated rings. The van der Waals surface area contributed by atoms with E-state index in [9.17, 15) is 9.59 Å². The molecule has 0 aliphatic carbocycles. The summed E-state index contributed by atoms with van der Waals surface area (Å²) in [4.78, 5) is 24.8. The van der Waals surface area contributed by atoms with E-state index in [1.807, 2.05) is 12.3 Å². The molecular formula is C17H20ClN5O2. The molecule has 2 aromatic rings. The molecule has 1 aromatic carbocycles. The number of halogens is 1. The van der Waals surface area contributed by atoms with Gasteiger partial charge in [-0.15, -0.1) is 0 Å². The third kappa shape index (κ3) is 3.38. The smallest absolute Gasteiger partial charge is 0.252 e. The van der Waals surface area contributed by atoms with Crippen molar-refractivity contribution in [2.24, 2.45) is 0 Å². The van der Waals surface area contributed by atoms with Gasteiger partial charge in [0.05, 0.1) is 10.6 Å².